The predicted molar refractivity (Wildman–Crippen MR) is 108 cm³/mol. The number of nitrogens with zero attached hydrogens (tertiary/aromatic N) is 1. The lowest BCUT2D eigenvalue weighted by Crippen LogP contribution is -2.39. The Morgan fingerprint density at radius 2 is 2.00 bits per heavy atom. The quantitative estimate of drug-likeness (QED) is 0.755. The van der Waals surface area contributed by atoms with Crippen molar-refractivity contribution in [1.29, 1.82) is 0 Å². The van der Waals surface area contributed by atoms with Gasteiger partial charge in [-0.1, -0.05) is 30.3 Å². The maximum atomic E-state index is 12.1. The van der Waals surface area contributed by atoms with Crippen molar-refractivity contribution in [3.63, 3.8) is 0 Å². The average Bonchev–Trinajstić information content (AvgIpc) is 3.24. The highest BCUT2D eigenvalue weighted by Gasteiger charge is 2.25. The molecular formula is C19H31Cl2N3O. The first kappa shape index (κ1) is 22.2. The van der Waals surface area contributed by atoms with Crippen LogP contribution in [-0.4, -0.2) is 43.0 Å². The van der Waals surface area contributed by atoms with Crippen LogP contribution in [0.15, 0.2) is 30.3 Å². The summed E-state index contributed by atoms with van der Waals surface area (Å²) in [5, 5.41) is 6.53. The number of carbonyl (C=O) groups excluding carboxylic acids is 1. The molecule has 0 spiro atoms. The van der Waals surface area contributed by atoms with Crippen molar-refractivity contribution in [2.24, 2.45) is 5.92 Å². The molecule has 0 radical (unpaired) electrons. The number of likely N-dealkylation sites (tertiary alicyclic amines) is 1. The average molecular weight is 388 g/mol. The first-order valence-electron chi connectivity index (χ1n) is 9.06. The first-order valence-corrected chi connectivity index (χ1v) is 9.06. The Kier molecular flexibility index (Phi) is 10.4. The molecule has 0 saturated carbocycles. The van der Waals surface area contributed by atoms with Gasteiger partial charge in [-0.15, -0.1) is 24.8 Å². The maximum Gasteiger partial charge on any atom is 0.220 e. The SMILES string of the molecule is Cl.Cl.O=C(CCC1CCNC1)NCC1CCCN1Cc1ccccc1. The topological polar surface area (TPSA) is 44.4 Å². The summed E-state index contributed by atoms with van der Waals surface area (Å²) >= 11 is 0. The zero-order valence-electron chi connectivity index (χ0n) is 14.8. The Hall–Kier alpha value is -0.810. The lowest BCUT2D eigenvalue weighted by Gasteiger charge is -2.25. The minimum absolute atomic E-state index is 0. The molecule has 0 bridgehead atoms. The molecule has 4 nitrogen and oxygen atoms in total. The summed E-state index contributed by atoms with van der Waals surface area (Å²) in [5.41, 5.74) is 1.36. The minimum Gasteiger partial charge on any atom is -0.355 e. The van der Waals surface area contributed by atoms with Gasteiger partial charge in [0, 0.05) is 25.6 Å². The highest BCUT2D eigenvalue weighted by molar-refractivity contribution is 5.85. The lowest BCUT2D eigenvalue weighted by molar-refractivity contribution is -0.121. The number of benzene rings is 1. The van der Waals surface area contributed by atoms with E-state index in [-0.39, 0.29) is 30.7 Å². The second-order valence-corrected chi connectivity index (χ2v) is 6.95. The summed E-state index contributed by atoms with van der Waals surface area (Å²) in [6, 6.07) is 11.1. The van der Waals surface area contributed by atoms with Crippen molar-refractivity contribution < 1.29 is 4.79 Å². The third-order valence-corrected chi connectivity index (χ3v) is 5.20. The van der Waals surface area contributed by atoms with Gasteiger partial charge in [0.15, 0.2) is 0 Å². The Labute approximate surface area is 163 Å². The van der Waals surface area contributed by atoms with Crippen LogP contribution in [0.2, 0.25) is 0 Å². The molecule has 1 amide bonds. The van der Waals surface area contributed by atoms with E-state index in [4.69, 9.17) is 0 Å². The molecule has 6 heteroatoms. The molecule has 1 aromatic rings. The van der Waals surface area contributed by atoms with Gasteiger partial charge in [0.1, 0.15) is 0 Å². The number of amides is 1. The molecule has 2 atom stereocenters. The molecule has 3 rings (SSSR count). The standard InChI is InChI=1S/C19H29N3O.2ClH/c23-19(9-8-16-10-11-20-13-16)21-14-18-7-4-12-22(18)15-17-5-2-1-3-6-17;;/h1-3,5-6,16,18,20H,4,7-15H2,(H,21,23);2*1H. The molecule has 142 valence electrons. The molecule has 0 aliphatic carbocycles. The highest BCUT2D eigenvalue weighted by Crippen LogP contribution is 2.20. The summed E-state index contributed by atoms with van der Waals surface area (Å²) in [4.78, 5) is 14.6. The van der Waals surface area contributed by atoms with Crippen LogP contribution in [0.1, 0.15) is 37.7 Å². The molecule has 2 unspecified atom stereocenters. The van der Waals surface area contributed by atoms with Gasteiger partial charge >= 0.3 is 0 Å². The van der Waals surface area contributed by atoms with Crippen LogP contribution < -0.4 is 10.6 Å². The monoisotopic (exact) mass is 387 g/mol. The van der Waals surface area contributed by atoms with Gasteiger partial charge < -0.3 is 10.6 Å². The van der Waals surface area contributed by atoms with Gasteiger partial charge in [-0.3, -0.25) is 9.69 Å². The van der Waals surface area contributed by atoms with E-state index in [0.29, 0.717) is 18.4 Å². The Balaban J connectivity index is 0.00000156. The van der Waals surface area contributed by atoms with Crippen molar-refractivity contribution >= 4 is 30.7 Å². The van der Waals surface area contributed by atoms with Crippen LogP contribution in [0.5, 0.6) is 0 Å². The summed E-state index contributed by atoms with van der Waals surface area (Å²) in [6.07, 6.45) is 5.36. The molecule has 0 aromatic heterocycles. The van der Waals surface area contributed by atoms with E-state index in [2.05, 4.69) is 45.9 Å². The summed E-state index contributed by atoms with van der Waals surface area (Å²) in [7, 11) is 0. The van der Waals surface area contributed by atoms with E-state index in [0.717, 1.165) is 39.1 Å². The lowest BCUT2D eigenvalue weighted by atomic mass is 10.0. The number of halogens is 2. The van der Waals surface area contributed by atoms with Crippen molar-refractivity contribution in [1.82, 2.24) is 15.5 Å². The van der Waals surface area contributed by atoms with Crippen LogP contribution >= 0.6 is 24.8 Å². The molecule has 2 saturated heterocycles. The van der Waals surface area contributed by atoms with Gasteiger partial charge in [0.2, 0.25) is 5.91 Å². The third-order valence-electron chi connectivity index (χ3n) is 5.20. The maximum absolute atomic E-state index is 12.1. The van der Waals surface area contributed by atoms with Gasteiger partial charge in [0.25, 0.3) is 0 Å². The van der Waals surface area contributed by atoms with E-state index in [1.54, 1.807) is 0 Å². The molecular weight excluding hydrogens is 357 g/mol. The zero-order valence-corrected chi connectivity index (χ0v) is 16.4. The second kappa shape index (κ2) is 11.7. The van der Waals surface area contributed by atoms with Crippen LogP contribution in [0.3, 0.4) is 0 Å². The van der Waals surface area contributed by atoms with E-state index in [1.807, 2.05) is 0 Å². The fourth-order valence-corrected chi connectivity index (χ4v) is 3.77. The van der Waals surface area contributed by atoms with Crippen molar-refractivity contribution in [2.45, 2.75) is 44.7 Å². The molecule has 2 aliphatic heterocycles. The summed E-state index contributed by atoms with van der Waals surface area (Å²) in [6.45, 7) is 5.14. The normalized spacial score (nSPS) is 22.9. The fourth-order valence-electron chi connectivity index (χ4n) is 3.77. The Bertz CT molecular complexity index is 495. The number of carbonyl (C=O) groups is 1. The first-order chi connectivity index (χ1) is 11.3. The van der Waals surface area contributed by atoms with E-state index in [1.165, 1.54) is 24.8 Å². The molecule has 25 heavy (non-hydrogen) atoms. The predicted octanol–water partition coefficient (Wildman–Crippen LogP) is 3.00. The van der Waals surface area contributed by atoms with Crippen LogP contribution in [-0.2, 0) is 11.3 Å². The zero-order chi connectivity index (χ0) is 15.9. The van der Waals surface area contributed by atoms with Gasteiger partial charge in [-0.25, -0.2) is 0 Å². The Morgan fingerprint density at radius 3 is 2.72 bits per heavy atom. The number of rotatable bonds is 7. The Morgan fingerprint density at radius 1 is 1.20 bits per heavy atom. The number of hydrogen-bond acceptors (Lipinski definition) is 3. The van der Waals surface area contributed by atoms with Crippen molar-refractivity contribution in [2.75, 3.05) is 26.2 Å². The third kappa shape index (κ3) is 7.14. The van der Waals surface area contributed by atoms with E-state index in [9.17, 15) is 4.79 Å². The number of nitrogens with one attached hydrogen (secondary N) is 2. The van der Waals surface area contributed by atoms with Crippen LogP contribution in [0.4, 0.5) is 0 Å². The van der Waals surface area contributed by atoms with Gasteiger partial charge in [-0.2, -0.15) is 0 Å². The number of hydrogen-bond donors (Lipinski definition) is 2. The molecule has 2 aliphatic rings. The van der Waals surface area contributed by atoms with Gasteiger partial charge in [0.05, 0.1) is 0 Å². The van der Waals surface area contributed by atoms with Crippen LogP contribution in [0.25, 0.3) is 0 Å². The largest absolute Gasteiger partial charge is 0.355 e. The fraction of sp³-hybridized carbons (Fsp3) is 0.632. The van der Waals surface area contributed by atoms with E-state index >= 15 is 0 Å². The van der Waals surface area contributed by atoms with Crippen LogP contribution in [0, 0.1) is 5.92 Å². The van der Waals surface area contributed by atoms with Crippen molar-refractivity contribution in [3.05, 3.63) is 35.9 Å². The molecule has 2 N–H and O–H groups in total. The highest BCUT2D eigenvalue weighted by atomic mass is 35.5. The minimum atomic E-state index is 0. The molecule has 2 fully saturated rings. The van der Waals surface area contributed by atoms with Crippen molar-refractivity contribution in [3.8, 4) is 0 Å². The summed E-state index contributed by atoms with van der Waals surface area (Å²) in [5.74, 6) is 0.922. The van der Waals surface area contributed by atoms with E-state index < -0.39 is 0 Å². The summed E-state index contributed by atoms with van der Waals surface area (Å²) < 4.78 is 0. The second-order valence-electron chi connectivity index (χ2n) is 6.95. The smallest absolute Gasteiger partial charge is 0.220 e. The molecule has 2 heterocycles. The molecule has 1 aromatic carbocycles. The van der Waals surface area contributed by atoms with Gasteiger partial charge in [-0.05, 0) is 56.8 Å².